The van der Waals surface area contributed by atoms with Crippen LogP contribution in [-0.2, 0) is 4.79 Å². The van der Waals surface area contributed by atoms with Crippen molar-refractivity contribution in [1.82, 2.24) is 0 Å². The second-order valence-electron chi connectivity index (χ2n) is 4.85. The molecular formula is C14H28O3. The molecule has 0 aliphatic carbocycles. The van der Waals surface area contributed by atoms with Gasteiger partial charge >= 0.3 is 5.97 Å². The molecule has 1 unspecified atom stereocenters. The van der Waals surface area contributed by atoms with Gasteiger partial charge in [0.15, 0.2) is 0 Å². The van der Waals surface area contributed by atoms with E-state index >= 15 is 0 Å². The predicted octanol–water partition coefficient (Wildman–Crippen LogP) is 3.74. The summed E-state index contributed by atoms with van der Waals surface area (Å²) in [6, 6.07) is 0. The molecule has 0 bridgehead atoms. The molecular weight excluding hydrogens is 216 g/mol. The van der Waals surface area contributed by atoms with E-state index in [0.717, 1.165) is 44.9 Å². The summed E-state index contributed by atoms with van der Waals surface area (Å²) < 4.78 is 0. The Labute approximate surface area is 105 Å². The third kappa shape index (κ3) is 13.4. The number of carbonyl (C=O) groups is 1. The van der Waals surface area contributed by atoms with Gasteiger partial charge < -0.3 is 10.2 Å². The van der Waals surface area contributed by atoms with E-state index in [1.54, 1.807) is 0 Å². The summed E-state index contributed by atoms with van der Waals surface area (Å²) in [6.07, 6.45) is 10.6. The lowest BCUT2D eigenvalue weighted by Crippen LogP contribution is -2.06. The van der Waals surface area contributed by atoms with Crippen LogP contribution < -0.4 is 0 Å². The van der Waals surface area contributed by atoms with E-state index in [0.29, 0.717) is 0 Å². The van der Waals surface area contributed by atoms with Crippen LogP contribution in [0.4, 0.5) is 0 Å². The molecule has 0 rings (SSSR count). The smallest absolute Gasteiger partial charge is 0.303 e. The standard InChI is InChI=1S/C14H28O3/c1-2-3-4-7-10-13(15)11-8-5-6-9-12-14(16)17/h13,15H,2-12H2,1H3,(H,16,17). The number of aliphatic carboxylic acids is 1. The first-order chi connectivity index (χ1) is 8.16. The average molecular weight is 244 g/mol. The van der Waals surface area contributed by atoms with E-state index < -0.39 is 5.97 Å². The lowest BCUT2D eigenvalue weighted by molar-refractivity contribution is -0.137. The Bertz CT molecular complexity index is 180. The van der Waals surface area contributed by atoms with Gasteiger partial charge in [-0.15, -0.1) is 0 Å². The fourth-order valence-electron chi connectivity index (χ4n) is 1.96. The molecule has 0 aromatic carbocycles. The van der Waals surface area contributed by atoms with Crippen LogP contribution in [0.25, 0.3) is 0 Å². The van der Waals surface area contributed by atoms with Crippen molar-refractivity contribution in [2.45, 2.75) is 83.7 Å². The van der Waals surface area contributed by atoms with Crippen molar-refractivity contribution in [2.75, 3.05) is 0 Å². The number of carboxylic acids is 1. The highest BCUT2D eigenvalue weighted by Crippen LogP contribution is 2.12. The van der Waals surface area contributed by atoms with Crippen LogP contribution in [0.3, 0.4) is 0 Å². The van der Waals surface area contributed by atoms with Crippen LogP contribution in [0, 0.1) is 0 Å². The van der Waals surface area contributed by atoms with Crippen molar-refractivity contribution in [2.24, 2.45) is 0 Å². The fourth-order valence-corrected chi connectivity index (χ4v) is 1.96. The summed E-state index contributed by atoms with van der Waals surface area (Å²) in [5.41, 5.74) is 0. The minimum Gasteiger partial charge on any atom is -0.481 e. The van der Waals surface area contributed by atoms with Crippen molar-refractivity contribution in [1.29, 1.82) is 0 Å². The molecule has 0 fully saturated rings. The number of hydrogen-bond acceptors (Lipinski definition) is 2. The van der Waals surface area contributed by atoms with Crippen LogP contribution in [0.1, 0.15) is 77.6 Å². The molecule has 3 heteroatoms. The molecule has 1 atom stereocenters. The molecule has 0 heterocycles. The molecule has 0 radical (unpaired) electrons. The van der Waals surface area contributed by atoms with Crippen molar-refractivity contribution in [3.63, 3.8) is 0 Å². The summed E-state index contributed by atoms with van der Waals surface area (Å²) in [5.74, 6) is -0.707. The lowest BCUT2D eigenvalue weighted by Gasteiger charge is -2.09. The molecule has 0 aromatic rings. The maximum atomic E-state index is 10.3. The minimum absolute atomic E-state index is 0.147. The van der Waals surface area contributed by atoms with E-state index in [2.05, 4.69) is 6.92 Å². The molecule has 3 nitrogen and oxygen atoms in total. The van der Waals surface area contributed by atoms with Gasteiger partial charge in [0, 0.05) is 6.42 Å². The number of rotatable bonds is 12. The van der Waals surface area contributed by atoms with Crippen molar-refractivity contribution in [3.8, 4) is 0 Å². The highest BCUT2D eigenvalue weighted by Gasteiger charge is 2.03. The number of hydrogen-bond donors (Lipinski definition) is 2. The summed E-state index contributed by atoms with van der Waals surface area (Å²) in [5, 5.41) is 18.2. The first kappa shape index (κ1) is 16.4. The number of unbranched alkanes of at least 4 members (excludes halogenated alkanes) is 6. The largest absolute Gasteiger partial charge is 0.481 e. The van der Waals surface area contributed by atoms with Gasteiger partial charge in [-0.2, -0.15) is 0 Å². The van der Waals surface area contributed by atoms with Crippen LogP contribution in [0.2, 0.25) is 0 Å². The van der Waals surface area contributed by atoms with Gasteiger partial charge in [-0.05, 0) is 19.3 Å². The quantitative estimate of drug-likeness (QED) is 0.514. The predicted molar refractivity (Wildman–Crippen MR) is 70.1 cm³/mol. The fraction of sp³-hybridized carbons (Fsp3) is 0.929. The number of carboxylic acid groups (broad SMARTS) is 1. The summed E-state index contributed by atoms with van der Waals surface area (Å²) in [4.78, 5) is 10.3. The van der Waals surface area contributed by atoms with E-state index in [1.165, 1.54) is 19.3 Å². The Hall–Kier alpha value is -0.570. The maximum absolute atomic E-state index is 10.3. The minimum atomic E-state index is -0.707. The average Bonchev–Trinajstić information content (AvgIpc) is 2.29. The van der Waals surface area contributed by atoms with Crippen LogP contribution in [-0.4, -0.2) is 22.3 Å². The molecule has 0 aliphatic rings. The molecule has 0 amide bonds. The summed E-state index contributed by atoms with van der Waals surface area (Å²) in [6.45, 7) is 2.19. The van der Waals surface area contributed by atoms with Crippen molar-refractivity contribution >= 4 is 5.97 Å². The molecule has 0 saturated carbocycles. The molecule has 2 N–H and O–H groups in total. The Morgan fingerprint density at radius 3 is 2.00 bits per heavy atom. The van der Waals surface area contributed by atoms with Gasteiger partial charge in [0.1, 0.15) is 0 Å². The molecule has 0 spiro atoms. The lowest BCUT2D eigenvalue weighted by atomic mass is 10.0. The molecule has 17 heavy (non-hydrogen) atoms. The number of aliphatic hydroxyl groups excluding tert-OH is 1. The Balaban J connectivity index is 3.16. The van der Waals surface area contributed by atoms with E-state index in [4.69, 9.17) is 5.11 Å². The highest BCUT2D eigenvalue weighted by atomic mass is 16.4. The van der Waals surface area contributed by atoms with E-state index in [-0.39, 0.29) is 12.5 Å². The van der Waals surface area contributed by atoms with Gasteiger partial charge in [0.25, 0.3) is 0 Å². The van der Waals surface area contributed by atoms with Gasteiger partial charge in [-0.3, -0.25) is 4.79 Å². The summed E-state index contributed by atoms with van der Waals surface area (Å²) in [7, 11) is 0. The zero-order valence-electron chi connectivity index (χ0n) is 11.2. The second kappa shape index (κ2) is 11.9. The zero-order chi connectivity index (χ0) is 12.9. The first-order valence-corrected chi connectivity index (χ1v) is 7.06. The molecule has 0 aromatic heterocycles. The zero-order valence-corrected chi connectivity index (χ0v) is 11.2. The van der Waals surface area contributed by atoms with Gasteiger partial charge in [-0.25, -0.2) is 0 Å². The van der Waals surface area contributed by atoms with Crippen LogP contribution in [0.5, 0.6) is 0 Å². The third-order valence-electron chi connectivity index (χ3n) is 3.07. The summed E-state index contributed by atoms with van der Waals surface area (Å²) >= 11 is 0. The molecule has 0 aliphatic heterocycles. The van der Waals surface area contributed by atoms with E-state index in [9.17, 15) is 9.90 Å². The third-order valence-corrected chi connectivity index (χ3v) is 3.07. The second-order valence-corrected chi connectivity index (χ2v) is 4.85. The molecule has 102 valence electrons. The monoisotopic (exact) mass is 244 g/mol. The van der Waals surface area contributed by atoms with E-state index in [1.807, 2.05) is 0 Å². The van der Waals surface area contributed by atoms with Crippen LogP contribution in [0.15, 0.2) is 0 Å². The normalized spacial score (nSPS) is 12.6. The van der Waals surface area contributed by atoms with Gasteiger partial charge in [0.2, 0.25) is 0 Å². The van der Waals surface area contributed by atoms with Crippen LogP contribution >= 0.6 is 0 Å². The Morgan fingerprint density at radius 1 is 0.941 bits per heavy atom. The Kier molecular flexibility index (Phi) is 11.5. The molecule has 0 saturated heterocycles. The first-order valence-electron chi connectivity index (χ1n) is 7.06. The van der Waals surface area contributed by atoms with Crippen molar-refractivity contribution < 1.29 is 15.0 Å². The van der Waals surface area contributed by atoms with Crippen molar-refractivity contribution in [3.05, 3.63) is 0 Å². The Morgan fingerprint density at radius 2 is 1.47 bits per heavy atom. The maximum Gasteiger partial charge on any atom is 0.303 e. The topological polar surface area (TPSA) is 57.5 Å². The SMILES string of the molecule is CCCCCCC(O)CCCCCCC(=O)O. The highest BCUT2D eigenvalue weighted by molar-refractivity contribution is 5.66. The number of aliphatic hydroxyl groups is 1. The van der Waals surface area contributed by atoms with Gasteiger partial charge in [0.05, 0.1) is 6.10 Å². The van der Waals surface area contributed by atoms with Gasteiger partial charge in [-0.1, -0.05) is 51.9 Å².